The maximum Gasteiger partial charge on any atom is 0.326 e. The second-order valence-corrected chi connectivity index (χ2v) is 9.34. The average Bonchev–Trinajstić information content (AvgIpc) is 3.27. The number of carboxylic acids is 1. The van der Waals surface area contributed by atoms with Gasteiger partial charge in [0.2, 0.25) is 29.5 Å². The van der Waals surface area contributed by atoms with Crippen LogP contribution < -0.4 is 33.2 Å². The van der Waals surface area contributed by atoms with Crippen molar-refractivity contribution >= 4 is 46.4 Å². The number of hydrogen-bond acceptors (Lipinski definition) is 7. The molecule has 0 radical (unpaired) electrons. The van der Waals surface area contributed by atoms with Crippen LogP contribution in [0.3, 0.4) is 0 Å². The van der Waals surface area contributed by atoms with E-state index < -0.39 is 78.4 Å². The summed E-state index contributed by atoms with van der Waals surface area (Å²) in [6.45, 7) is 3.37. The van der Waals surface area contributed by atoms with E-state index in [9.17, 15) is 33.9 Å². The number of nitrogens with two attached hydrogens (primary N) is 3. The monoisotopic (exact) mass is 545 g/mol. The lowest BCUT2D eigenvalue weighted by Gasteiger charge is -2.27. The van der Waals surface area contributed by atoms with Crippen LogP contribution >= 0.6 is 0 Å². The van der Waals surface area contributed by atoms with E-state index in [1.165, 1.54) is 0 Å². The van der Waals surface area contributed by atoms with E-state index in [1.807, 2.05) is 24.3 Å². The predicted molar refractivity (Wildman–Crippen MR) is 140 cm³/mol. The number of amides is 5. The second kappa shape index (κ2) is 13.9. The molecule has 11 N–H and O–H groups in total. The van der Waals surface area contributed by atoms with Crippen molar-refractivity contribution in [3.63, 3.8) is 0 Å². The number of aromatic amines is 1. The number of carbonyl (C=O) groups is 6. The molecule has 14 heteroatoms. The number of primary amides is 2. The van der Waals surface area contributed by atoms with Crippen molar-refractivity contribution in [2.75, 3.05) is 0 Å². The summed E-state index contributed by atoms with van der Waals surface area (Å²) in [5.41, 5.74) is 18.1. The van der Waals surface area contributed by atoms with E-state index >= 15 is 0 Å². The zero-order chi connectivity index (χ0) is 29.3. The molecule has 2 rings (SSSR count). The van der Waals surface area contributed by atoms with Crippen LogP contribution in [0.2, 0.25) is 0 Å². The molecular formula is C25H35N7O7. The predicted octanol–water partition coefficient (Wildman–Crippen LogP) is -1.63. The number of hydrogen-bond donors (Lipinski definition) is 8. The number of rotatable bonds is 15. The molecule has 0 aliphatic heterocycles. The maximum atomic E-state index is 13.1. The summed E-state index contributed by atoms with van der Waals surface area (Å²) in [6, 6.07) is 2.03. The maximum absolute atomic E-state index is 13.1. The van der Waals surface area contributed by atoms with Crippen LogP contribution in [0.25, 0.3) is 10.9 Å². The van der Waals surface area contributed by atoms with Crippen molar-refractivity contribution < 1.29 is 33.9 Å². The van der Waals surface area contributed by atoms with Crippen LogP contribution in [0.15, 0.2) is 30.5 Å². The van der Waals surface area contributed by atoms with Crippen molar-refractivity contribution in [2.45, 2.75) is 63.7 Å². The highest BCUT2D eigenvalue weighted by Gasteiger charge is 2.33. The number of carbonyl (C=O) groups excluding carboxylic acids is 5. The van der Waals surface area contributed by atoms with Gasteiger partial charge in [-0.3, -0.25) is 24.0 Å². The highest BCUT2D eigenvalue weighted by Crippen LogP contribution is 2.19. The zero-order valence-electron chi connectivity index (χ0n) is 21.7. The number of nitrogens with one attached hydrogen (secondary N) is 4. The molecule has 212 valence electrons. The first-order chi connectivity index (χ1) is 18.3. The Morgan fingerprint density at radius 3 is 2.08 bits per heavy atom. The molecule has 1 aromatic heterocycles. The van der Waals surface area contributed by atoms with Crippen molar-refractivity contribution in [1.29, 1.82) is 0 Å². The van der Waals surface area contributed by atoms with Crippen LogP contribution in [-0.2, 0) is 35.2 Å². The molecule has 5 atom stereocenters. The van der Waals surface area contributed by atoms with E-state index in [2.05, 4.69) is 20.9 Å². The fourth-order valence-corrected chi connectivity index (χ4v) is 3.94. The summed E-state index contributed by atoms with van der Waals surface area (Å²) in [6.07, 6.45) is 1.02. The Morgan fingerprint density at radius 1 is 0.897 bits per heavy atom. The van der Waals surface area contributed by atoms with Gasteiger partial charge in [0.1, 0.15) is 18.1 Å². The summed E-state index contributed by atoms with van der Waals surface area (Å²) in [4.78, 5) is 76.2. The van der Waals surface area contributed by atoms with E-state index in [0.717, 1.165) is 16.5 Å². The fourth-order valence-electron chi connectivity index (χ4n) is 3.94. The number of H-pyrrole nitrogens is 1. The van der Waals surface area contributed by atoms with Crippen molar-refractivity contribution in [2.24, 2.45) is 23.1 Å². The lowest BCUT2D eigenvalue weighted by Crippen LogP contribution is -2.59. The van der Waals surface area contributed by atoms with Crippen molar-refractivity contribution in [3.8, 4) is 0 Å². The van der Waals surface area contributed by atoms with Gasteiger partial charge in [0, 0.05) is 17.1 Å². The van der Waals surface area contributed by atoms with Crippen LogP contribution in [0.1, 0.15) is 38.7 Å². The lowest BCUT2D eigenvalue weighted by molar-refractivity contribution is -0.144. The molecule has 0 fully saturated rings. The van der Waals surface area contributed by atoms with Crippen LogP contribution in [0.5, 0.6) is 0 Å². The Morgan fingerprint density at radius 2 is 1.49 bits per heavy atom. The standard InChI is InChI=1S/C25H35N7O7/c1-3-12(2)21(24(37)31-18(25(38)39)10-20(28)34)32-23(36)17(9-19(27)33)30-22(35)15(26)8-13-11-29-16-7-5-4-6-14(13)16/h4-7,11-12,15,17-18,21,29H,3,8-10,26H2,1-2H3,(H2,27,33)(H2,28,34)(H,30,35)(H,31,37)(H,32,36)(H,38,39). The van der Waals surface area contributed by atoms with Gasteiger partial charge in [-0.2, -0.15) is 0 Å². The normalized spacial score (nSPS) is 14.8. The molecule has 1 aromatic carbocycles. The van der Waals surface area contributed by atoms with Crippen LogP contribution in [0, 0.1) is 5.92 Å². The smallest absolute Gasteiger partial charge is 0.326 e. The quantitative estimate of drug-likeness (QED) is 0.129. The molecule has 0 bridgehead atoms. The number of fused-ring (bicyclic) bond motifs is 1. The number of para-hydroxylation sites is 1. The van der Waals surface area contributed by atoms with E-state index in [1.54, 1.807) is 20.0 Å². The number of aromatic nitrogens is 1. The molecule has 0 aliphatic carbocycles. The van der Waals surface area contributed by atoms with Gasteiger partial charge in [0.15, 0.2) is 0 Å². The molecule has 2 aromatic rings. The SMILES string of the molecule is CCC(C)C(NC(=O)C(CC(N)=O)NC(=O)C(N)Cc1c[nH]c2ccccc12)C(=O)NC(CC(N)=O)C(=O)O. The minimum absolute atomic E-state index is 0.134. The van der Waals surface area contributed by atoms with Gasteiger partial charge >= 0.3 is 5.97 Å². The van der Waals surface area contributed by atoms with Gasteiger partial charge in [-0.25, -0.2) is 4.79 Å². The zero-order valence-corrected chi connectivity index (χ0v) is 21.7. The second-order valence-electron chi connectivity index (χ2n) is 9.34. The van der Waals surface area contributed by atoms with Crippen LogP contribution in [-0.4, -0.2) is 69.8 Å². The van der Waals surface area contributed by atoms with E-state index in [0.29, 0.717) is 6.42 Å². The van der Waals surface area contributed by atoms with Crippen LogP contribution in [0.4, 0.5) is 0 Å². The number of benzene rings is 1. The molecule has 5 amide bonds. The number of carboxylic acid groups (broad SMARTS) is 1. The summed E-state index contributed by atoms with van der Waals surface area (Å²) in [5.74, 6) is -6.32. The highest BCUT2D eigenvalue weighted by molar-refractivity contribution is 5.97. The Hall–Kier alpha value is -4.46. The third-order valence-electron chi connectivity index (χ3n) is 6.30. The van der Waals surface area contributed by atoms with Crippen molar-refractivity contribution in [1.82, 2.24) is 20.9 Å². The van der Waals surface area contributed by atoms with Gasteiger partial charge < -0.3 is 43.2 Å². The molecule has 5 unspecified atom stereocenters. The van der Waals surface area contributed by atoms with E-state index in [4.69, 9.17) is 17.2 Å². The summed E-state index contributed by atoms with van der Waals surface area (Å²) >= 11 is 0. The van der Waals surface area contributed by atoms with Gasteiger partial charge in [0.05, 0.1) is 18.9 Å². The first-order valence-corrected chi connectivity index (χ1v) is 12.3. The third kappa shape index (κ3) is 8.81. The highest BCUT2D eigenvalue weighted by atomic mass is 16.4. The molecule has 39 heavy (non-hydrogen) atoms. The largest absolute Gasteiger partial charge is 0.480 e. The van der Waals surface area contributed by atoms with E-state index in [-0.39, 0.29) is 6.42 Å². The molecule has 0 saturated carbocycles. The Kier molecular flexibility index (Phi) is 11.0. The summed E-state index contributed by atoms with van der Waals surface area (Å²) < 4.78 is 0. The third-order valence-corrected chi connectivity index (χ3v) is 6.30. The summed E-state index contributed by atoms with van der Waals surface area (Å²) in [7, 11) is 0. The van der Waals surface area contributed by atoms with Gasteiger partial charge in [-0.15, -0.1) is 0 Å². The molecule has 0 saturated heterocycles. The topological polar surface area (TPSA) is 253 Å². The Labute approximate surface area is 224 Å². The first kappa shape index (κ1) is 30.8. The number of aliphatic carboxylic acids is 1. The van der Waals surface area contributed by atoms with Gasteiger partial charge in [0.25, 0.3) is 0 Å². The lowest BCUT2D eigenvalue weighted by atomic mass is 9.97. The minimum atomic E-state index is -1.61. The molecule has 0 aliphatic rings. The molecule has 0 spiro atoms. The minimum Gasteiger partial charge on any atom is -0.480 e. The van der Waals surface area contributed by atoms with Crippen molar-refractivity contribution in [3.05, 3.63) is 36.0 Å². The van der Waals surface area contributed by atoms with Gasteiger partial charge in [-0.05, 0) is 24.0 Å². The molecule has 1 heterocycles. The summed E-state index contributed by atoms with van der Waals surface area (Å²) in [5, 5.41) is 17.2. The fraction of sp³-hybridized carbons (Fsp3) is 0.440. The molecule has 14 nitrogen and oxygen atoms in total. The molecular weight excluding hydrogens is 510 g/mol. The first-order valence-electron chi connectivity index (χ1n) is 12.3. The average molecular weight is 546 g/mol. The Bertz CT molecular complexity index is 1230. The Balaban J connectivity index is 2.16. The van der Waals surface area contributed by atoms with Gasteiger partial charge in [-0.1, -0.05) is 38.5 Å².